The highest BCUT2D eigenvalue weighted by Gasteiger charge is 2.32. The van der Waals surface area contributed by atoms with Crippen LogP contribution in [-0.4, -0.2) is 55.1 Å². The van der Waals surface area contributed by atoms with E-state index in [0.717, 1.165) is 5.69 Å². The average Bonchev–Trinajstić information content (AvgIpc) is 3.31. The number of aromatic nitrogens is 5. The van der Waals surface area contributed by atoms with Gasteiger partial charge in [0.15, 0.2) is 5.82 Å². The molecular formula is C17H17ClN6O2. The minimum Gasteiger partial charge on any atom is -0.377 e. The van der Waals surface area contributed by atoms with Gasteiger partial charge in [-0.05, 0) is 12.1 Å². The van der Waals surface area contributed by atoms with Crippen molar-refractivity contribution in [2.24, 2.45) is 0 Å². The molecule has 3 aromatic rings. The lowest BCUT2D eigenvalue weighted by Crippen LogP contribution is -2.45. The summed E-state index contributed by atoms with van der Waals surface area (Å²) < 4.78 is 8.88. The van der Waals surface area contributed by atoms with Gasteiger partial charge in [0.25, 0.3) is 0 Å². The summed E-state index contributed by atoms with van der Waals surface area (Å²) in [5.41, 5.74) is 0.886. The molecule has 26 heavy (non-hydrogen) atoms. The van der Waals surface area contributed by atoms with Gasteiger partial charge in [0.05, 0.1) is 30.1 Å². The van der Waals surface area contributed by atoms with Crippen molar-refractivity contribution in [1.82, 2.24) is 29.4 Å². The largest absolute Gasteiger partial charge is 0.377 e. The minimum absolute atomic E-state index is 0.0688. The minimum atomic E-state index is -0.315. The maximum absolute atomic E-state index is 12.8. The molecule has 0 N–H and O–H groups in total. The van der Waals surface area contributed by atoms with E-state index >= 15 is 0 Å². The fourth-order valence-corrected chi connectivity index (χ4v) is 3.17. The molecule has 9 heteroatoms. The molecule has 0 saturated carbocycles. The molecule has 1 aliphatic heterocycles. The Kier molecular flexibility index (Phi) is 4.68. The van der Waals surface area contributed by atoms with E-state index in [1.54, 1.807) is 15.8 Å². The Morgan fingerprint density at radius 1 is 1.27 bits per heavy atom. The number of ether oxygens (including phenoxy) is 1. The summed E-state index contributed by atoms with van der Waals surface area (Å²) in [7, 11) is 0. The van der Waals surface area contributed by atoms with E-state index in [-0.39, 0.29) is 18.5 Å². The number of para-hydroxylation sites is 1. The summed E-state index contributed by atoms with van der Waals surface area (Å²) in [6, 6.07) is 9.38. The van der Waals surface area contributed by atoms with E-state index < -0.39 is 0 Å². The topological polar surface area (TPSA) is 78.1 Å². The molecule has 0 spiro atoms. The first-order chi connectivity index (χ1) is 12.7. The summed E-state index contributed by atoms with van der Waals surface area (Å²) in [5.74, 6) is 0.600. The van der Waals surface area contributed by atoms with Crippen LogP contribution in [0.15, 0.2) is 49.1 Å². The van der Waals surface area contributed by atoms with E-state index in [1.807, 2.05) is 30.3 Å². The Hall–Kier alpha value is -2.71. The van der Waals surface area contributed by atoms with Gasteiger partial charge in [-0.1, -0.05) is 29.8 Å². The second-order valence-corrected chi connectivity index (χ2v) is 6.34. The van der Waals surface area contributed by atoms with Crippen molar-refractivity contribution >= 4 is 17.5 Å². The zero-order valence-electron chi connectivity index (χ0n) is 13.9. The molecule has 2 aromatic heterocycles. The van der Waals surface area contributed by atoms with Gasteiger partial charge in [-0.25, -0.2) is 9.67 Å². The first-order valence-electron chi connectivity index (χ1n) is 8.23. The van der Waals surface area contributed by atoms with E-state index in [2.05, 4.69) is 15.2 Å². The van der Waals surface area contributed by atoms with Crippen molar-refractivity contribution in [1.29, 1.82) is 0 Å². The maximum Gasteiger partial charge on any atom is 0.245 e. The smallest absolute Gasteiger partial charge is 0.245 e. The Balaban J connectivity index is 1.60. The second-order valence-electron chi connectivity index (χ2n) is 5.90. The highest BCUT2D eigenvalue weighted by atomic mass is 35.5. The van der Waals surface area contributed by atoms with E-state index in [1.165, 1.54) is 17.2 Å². The normalized spacial score (nSPS) is 17.4. The van der Waals surface area contributed by atoms with Crippen LogP contribution < -0.4 is 0 Å². The van der Waals surface area contributed by atoms with E-state index in [9.17, 15) is 4.79 Å². The van der Waals surface area contributed by atoms with Crippen molar-refractivity contribution in [2.75, 3.05) is 19.8 Å². The maximum atomic E-state index is 12.8. The Labute approximate surface area is 155 Å². The van der Waals surface area contributed by atoms with Crippen LogP contribution in [-0.2, 0) is 16.1 Å². The summed E-state index contributed by atoms with van der Waals surface area (Å²) >= 11 is 5.88. The molecule has 8 nitrogen and oxygen atoms in total. The first kappa shape index (κ1) is 16.7. The van der Waals surface area contributed by atoms with Gasteiger partial charge < -0.3 is 9.64 Å². The molecule has 0 radical (unpaired) electrons. The number of rotatable bonds is 4. The van der Waals surface area contributed by atoms with Crippen molar-refractivity contribution in [3.8, 4) is 5.69 Å². The number of carbonyl (C=O) groups is 1. The molecule has 1 aliphatic rings. The quantitative estimate of drug-likeness (QED) is 0.696. The zero-order chi connectivity index (χ0) is 17.9. The van der Waals surface area contributed by atoms with Gasteiger partial charge in [0, 0.05) is 12.7 Å². The Morgan fingerprint density at radius 2 is 2.12 bits per heavy atom. The fraction of sp³-hybridized carbons (Fsp3) is 0.294. The van der Waals surface area contributed by atoms with Gasteiger partial charge in [-0.15, -0.1) is 0 Å². The molecule has 1 fully saturated rings. The van der Waals surface area contributed by atoms with Gasteiger partial charge in [-0.3, -0.25) is 9.48 Å². The molecule has 1 aromatic carbocycles. The molecule has 134 valence electrons. The highest BCUT2D eigenvalue weighted by molar-refractivity contribution is 6.30. The number of nitrogens with zero attached hydrogens (tertiary/aromatic N) is 6. The van der Waals surface area contributed by atoms with Crippen LogP contribution in [0.3, 0.4) is 0 Å². The summed E-state index contributed by atoms with van der Waals surface area (Å²) in [4.78, 5) is 19.0. The standard InChI is InChI=1S/C17H17ClN6O2/c18-13-8-20-22(9-13)10-16(25)23-6-7-26-11-15(23)17-19-12-21-24(17)14-4-2-1-3-5-14/h1-5,8-9,12,15H,6-7,10-11H2/t15-/m0/s1. The zero-order valence-corrected chi connectivity index (χ0v) is 14.7. The van der Waals surface area contributed by atoms with Crippen LogP contribution in [0, 0.1) is 0 Å². The van der Waals surface area contributed by atoms with Gasteiger partial charge in [0.2, 0.25) is 5.91 Å². The van der Waals surface area contributed by atoms with Crippen LogP contribution >= 0.6 is 11.6 Å². The lowest BCUT2D eigenvalue weighted by molar-refractivity contribution is -0.141. The van der Waals surface area contributed by atoms with Crippen LogP contribution in [0.25, 0.3) is 5.69 Å². The lowest BCUT2D eigenvalue weighted by atomic mass is 10.2. The van der Waals surface area contributed by atoms with Crippen molar-refractivity contribution in [3.05, 3.63) is 59.9 Å². The third-order valence-corrected chi connectivity index (χ3v) is 4.42. The number of benzene rings is 1. The van der Waals surface area contributed by atoms with Crippen molar-refractivity contribution in [3.63, 3.8) is 0 Å². The number of amides is 1. The summed E-state index contributed by atoms with van der Waals surface area (Å²) in [5, 5.41) is 8.90. The molecule has 0 bridgehead atoms. The number of morpholine rings is 1. The van der Waals surface area contributed by atoms with Crippen molar-refractivity contribution in [2.45, 2.75) is 12.6 Å². The summed E-state index contributed by atoms with van der Waals surface area (Å²) in [6.45, 7) is 1.46. The Morgan fingerprint density at radius 3 is 2.88 bits per heavy atom. The number of hydrogen-bond acceptors (Lipinski definition) is 5. The van der Waals surface area contributed by atoms with E-state index in [0.29, 0.717) is 30.6 Å². The first-order valence-corrected chi connectivity index (χ1v) is 8.60. The van der Waals surface area contributed by atoms with Gasteiger partial charge >= 0.3 is 0 Å². The Bertz CT molecular complexity index is 894. The number of halogens is 1. The fourth-order valence-electron chi connectivity index (χ4n) is 3.02. The molecule has 3 heterocycles. The van der Waals surface area contributed by atoms with Gasteiger partial charge in [-0.2, -0.15) is 10.2 Å². The highest BCUT2D eigenvalue weighted by Crippen LogP contribution is 2.25. The van der Waals surface area contributed by atoms with Gasteiger partial charge in [0.1, 0.15) is 18.9 Å². The molecule has 1 atom stereocenters. The van der Waals surface area contributed by atoms with Crippen LogP contribution in [0.2, 0.25) is 5.02 Å². The lowest BCUT2D eigenvalue weighted by Gasteiger charge is -2.35. The predicted molar refractivity (Wildman–Crippen MR) is 93.9 cm³/mol. The second kappa shape index (κ2) is 7.27. The van der Waals surface area contributed by atoms with Crippen LogP contribution in [0.4, 0.5) is 0 Å². The summed E-state index contributed by atoms with van der Waals surface area (Å²) in [6.07, 6.45) is 4.63. The molecular weight excluding hydrogens is 356 g/mol. The van der Waals surface area contributed by atoms with Crippen molar-refractivity contribution < 1.29 is 9.53 Å². The number of hydrogen-bond donors (Lipinski definition) is 0. The molecule has 0 unspecified atom stereocenters. The third-order valence-electron chi connectivity index (χ3n) is 4.22. The van der Waals surface area contributed by atoms with E-state index in [4.69, 9.17) is 16.3 Å². The molecule has 0 aliphatic carbocycles. The third kappa shape index (κ3) is 3.33. The average molecular weight is 373 g/mol. The molecule has 1 saturated heterocycles. The number of carbonyl (C=O) groups excluding carboxylic acids is 1. The predicted octanol–water partition coefficient (Wildman–Crippen LogP) is 1.72. The SMILES string of the molecule is O=C(Cn1cc(Cl)cn1)N1CCOC[C@H]1c1ncnn1-c1ccccc1. The monoisotopic (exact) mass is 372 g/mol. The molecule has 1 amide bonds. The van der Waals surface area contributed by atoms with Crippen LogP contribution in [0.5, 0.6) is 0 Å². The molecule has 4 rings (SSSR count). The van der Waals surface area contributed by atoms with Crippen LogP contribution in [0.1, 0.15) is 11.9 Å².